The van der Waals surface area contributed by atoms with Crippen molar-refractivity contribution in [1.29, 1.82) is 0 Å². The van der Waals surface area contributed by atoms with Gasteiger partial charge in [0.05, 0.1) is 0 Å². The van der Waals surface area contributed by atoms with E-state index in [1.165, 1.54) is 12.8 Å². The van der Waals surface area contributed by atoms with Gasteiger partial charge in [-0.05, 0) is 38.5 Å². The van der Waals surface area contributed by atoms with Gasteiger partial charge in [-0.25, -0.2) is 0 Å². The van der Waals surface area contributed by atoms with E-state index in [0.717, 1.165) is 32.1 Å². The number of unbranched alkanes of at least 4 members (excludes halogenated alkanes) is 1. The molecule has 2 aliphatic rings. The van der Waals surface area contributed by atoms with Crippen LogP contribution in [-0.4, -0.2) is 17.9 Å². The van der Waals surface area contributed by atoms with Gasteiger partial charge in [0, 0.05) is 24.4 Å². The Bertz CT molecular complexity index is 237. The Balaban J connectivity index is 1.78. The smallest absolute Gasteiger partial charge is 0.136 e. The van der Waals surface area contributed by atoms with Gasteiger partial charge >= 0.3 is 0 Å². The number of nitrogens with one attached hydrogen (secondary N) is 1. The van der Waals surface area contributed by atoms with Crippen LogP contribution in [0.3, 0.4) is 0 Å². The highest BCUT2D eigenvalue weighted by atomic mass is 16.1. The first-order chi connectivity index (χ1) is 7.29. The van der Waals surface area contributed by atoms with Crippen molar-refractivity contribution in [2.45, 2.75) is 57.0 Å². The van der Waals surface area contributed by atoms with E-state index >= 15 is 0 Å². The Labute approximate surface area is 92.1 Å². The standard InChI is InChI=1S/C13H21NO/c1-2-3-4-5-13(15)10-8-11-6-7-12(9-10)14-11/h2,10-12,14H,1,3-9H2. The van der Waals surface area contributed by atoms with E-state index in [-0.39, 0.29) is 0 Å². The molecule has 2 heterocycles. The first-order valence-corrected chi connectivity index (χ1v) is 6.19. The largest absolute Gasteiger partial charge is 0.311 e. The maximum atomic E-state index is 11.9. The maximum absolute atomic E-state index is 11.9. The molecule has 0 aromatic heterocycles. The second-order valence-corrected chi connectivity index (χ2v) is 4.95. The van der Waals surface area contributed by atoms with Gasteiger partial charge in [0.2, 0.25) is 0 Å². The number of piperidine rings is 1. The van der Waals surface area contributed by atoms with Crippen LogP contribution in [0.15, 0.2) is 12.7 Å². The lowest BCUT2D eigenvalue weighted by Crippen LogP contribution is -2.40. The molecule has 0 amide bonds. The average molecular weight is 207 g/mol. The van der Waals surface area contributed by atoms with Crippen molar-refractivity contribution in [3.8, 4) is 0 Å². The third-order valence-electron chi connectivity index (χ3n) is 3.76. The van der Waals surface area contributed by atoms with E-state index in [4.69, 9.17) is 0 Å². The second kappa shape index (κ2) is 4.93. The van der Waals surface area contributed by atoms with Crippen molar-refractivity contribution in [1.82, 2.24) is 5.32 Å². The minimum Gasteiger partial charge on any atom is -0.311 e. The summed E-state index contributed by atoms with van der Waals surface area (Å²) in [7, 11) is 0. The number of allylic oxidation sites excluding steroid dienone is 1. The summed E-state index contributed by atoms with van der Waals surface area (Å²) in [6, 6.07) is 1.27. The first-order valence-electron chi connectivity index (χ1n) is 6.19. The molecule has 2 rings (SSSR count). The predicted octanol–water partition coefficient (Wildman–Crippen LogP) is 2.44. The van der Waals surface area contributed by atoms with E-state index < -0.39 is 0 Å². The lowest BCUT2D eigenvalue weighted by molar-refractivity contribution is -0.124. The summed E-state index contributed by atoms with van der Waals surface area (Å²) < 4.78 is 0. The summed E-state index contributed by atoms with van der Waals surface area (Å²) in [5.41, 5.74) is 0. The van der Waals surface area contributed by atoms with Crippen LogP contribution < -0.4 is 5.32 Å². The molecule has 84 valence electrons. The fourth-order valence-corrected chi connectivity index (χ4v) is 2.94. The number of hydrogen-bond donors (Lipinski definition) is 1. The molecule has 2 aliphatic heterocycles. The van der Waals surface area contributed by atoms with Gasteiger partial charge in [-0.2, -0.15) is 0 Å². The lowest BCUT2D eigenvalue weighted by atomic mass is 9.87. The molecule has 0 aromatic carbocycles. The van der Waals surface area contributed by atoms with Crippen molar-refractivity contribution in [2.75, 3.05) is 0 Å². The highest BCUT2D eigenvalue weighted by molar-refractivity contribution is 5.81. The van der Waals surface area contributed by atoms with Gasteiger partial charge in [-0.15, -0.1) is 6.58 Å². The summed E-state index contributed by atoms with van der Waals surface area (Å²) in [5.74, 6) is 0.851. The van der Waals surface area contributed by atoms with E-state index in [1.807, 2.05) is 6.08 Å². The number of Topliss-reactive ketones (excluding diaryl/α,β-unsaturated/α-hetero) is 1. The number of hydrogen-bond acceptors (Lipinski definition) is 2. The summed E-state index contributed by atoms with van der Waals surface area (Å²) in [6.07, 6.45) is 9.36. The molecule has 2 nitrogen and oxygen atoms in total. The molecule has 2 saturated heterocycles. The van der Waals surface area contributed by atoms with Crippen LogP contribution in [0, 0.1) is 5.92 Å². The van der Waals surface area contributed by atoms with Crippen LogP contribution in [-0.2, 0) is 4.79 Å². The zero-order chi connectivity index (χ0) is 10.7. The van der Waals surface area contributed by atoms with Gasteiger partial charge in [-0.1, -0.05) is 6.08 Å². The fraction of sp³-hybridized carbons (Fsp3) is 0.769. The number of rotatable bonds is 5. The Morgan fingerprint density at radius 2 is 2.00 bits per heavy atom. The summed E-state index contributed by atoms with van der Waals surface area (Å²) >= 11 is 0. The van der Waals surface area contributed by atoms with Gasteiger partial charge < -0.3 is 5.32 Å². The lowest BCUT2D eigenvalue weighted by Gasteiger charge is -2.28. The topological polar surface area (TPSA) is 29.1 Å². The maximum Gasteiger partial charge on any atom is 0.136 e. The third kappa shape index (κ3) is 2.69. The van der Waals surface area contributed by atoms with E-state index in [0.29, 0.717) is 23.8 Å². The molecule has 0 spiro atoms. The van der Waals surface area contributed by atoms with Crippen LogP contribution in [0.5, 0.6) is 0 Å². The average Bonchev–Trinajstić information content (AvgIpc) is 2.58. The van der Waals surface area contributed by atoms with Gasteiger partial charge in [-0.3, -0.25) is 4.79 Å². The molecule has 1 N–H and O–H groups in total. The van der Waals surface area contributed by atoms with Gasteiger partial charge in [0.1, 0.15) is 5.78 Å². The Morgan fingerprint density at radius 3 is 2.60 bits per heavy atom. The summed E-state index contributed by atoms with van der Waals surface area (Å²) in [6.45, 7) is 3.68. The predicted molar refractivity (Wildman–Crippen MR) is 61.7 cm³/mol. The third-order valence-corrected chi connectivity index (χ3v) is 3.76. The fourth-order valence-electron chi connectivity index (χ4n) is 2.94. The zero-order valence-electron chi connectivity index (χ0n) is 9.37. The molecule has 2 fully saturated rings. The molecule has 2 atom stereocenters. The number of carbonyl (C=O) groups is 1. The van der Waals surface area contributed by atoms with E-state index in [9.17, 15) is 4.79 Å². The molecule has 2 heteroatoms. The van der Waals surface area contributed by atoms with E-state index in [2.05, 4.69) is 11.9 Å². The van der Waals surface area contributed by atoms with Crippen LogP contribution in [0.25, 0.3) is 0 Å². The SMILES string of the molecule is C=CCCCC(=O)C1CC2CCC(C1)N2. The monoisotopic (exact) mass is 207 g/mol. The Hall–Kier alpha value is -0.630. The van der Waals surface area contributed by atoms with Crippen molar-refractivity contribution in [3.63, 3.8) is 0 Å². The summed E-state index contributed by atoms with van der Waals surface area (Å²) in [5, 5.41) is 3.57. The first kappa shape index (κ1) is 10.9. The molecular formula is C13H21NO. The molecule has 0 saturated carbocycles. The minimum atomic E-state index is 0.355. The molecule has 0 aromatic rings. The minimum absolute atomic E-state index is 0.355. The molecule has 0 radical (unpaired) electrons. The Kier molecular flexibility index (Phi) is 3.57. The summed E-state index contributed by atoms with van der Waals surface area (Å²) in [4.78, 5) is 11.9. The Morgan fingerprint density at radius 1 is 1.33 bits per heavy atom. The quantitative estimate of drug-likeness (QED) is 0.554. The molecule has 0 aliphatic carbocycles. The van der Waals surface area contributed by atoms with Gasteiger partial charge in [0.25, 0.3) is 0 Å². The van der Waals surface area contributed by atoms with Crippen LogP contribution in [0.2, 0.25) is 0 Å². The second-order valence-electron chi connectivity index (χ2n) is 4.95. The van der Waals surface area contributed by atoms with E-state index in [1.54, 1.807) is 0 Å². The van der Waals surface area contributed by atoms with Crippen LogP contribution in [0.4, 0.5) is 0 Å². The van der Waals surface area contributed by atoms with Crippen molar-refractivity contribution >= 4 is 5.78 Å². The number of carbonyl (C=O) groups excluding carboxylic acids is 1. The highest BCUT2D eigenvalue weighted by Gasteiger charge is 2.35. The van der Waals surface area contributed by atoms with Gasteiger partial charge in [0.15, 0.2) is 0 Å². The van der Waals surface area contributed by atoms with Crippen molar-refractivity contribution < 1.29 is 4.79 Å². The molecule has 2 bridgehead atoms. The highest BCUT2D eigenvalue weighted by Crippen LogP contribution is 2.32. The normalized spacial score (nSPS) is 34.0. The zero-order valence-corrected chi connectivity index (χ0v) is 9.37. The van der Waals surface area contributed by atoms with Crippen molar-refractivity contribution in [2.24, 2.45) is 5.92 Å². The molecular weight excluding hydrogens is 186 g/mol. The molecule has 2 unspecified atom stereocenters. The van der Waals surface area contributed by atoms with Crippen LogP contribution >= 0.6 is 0 Å². The number of fused-ring (bicyclic) bond motifs is 2. The number of ketones is 1. The van der Waals surface area contributed by atoms with Crippen LogP contribution in [0.1, 0.15) is 44.9 Å². The van der Waals surface area contributed by atoms with Crippen molar-refractivity contribution in [3.05, 3.63) is 12.7 Å². The molecule has 15 heavy (non-hydrogen) atoms.